The van der Waals surface area contributed by atoms with E-state index in [2.05, 4.69) is 50.2 Å². The number of hydrogen-bond acceptors (Lipinski definition) is 6. The van der Waals surface area contributed by atoms with Crippen LogP contribution in [0.3, 0.4) is 0 Å². The third-order valence-electron chi connectivity index (χ3n) is 3.69. The molecule has 2 aromatic heterocycles. The molecule has 4 rings (SSSR count). The maximum Gasteiger partial charge on any atom is 0.216 e. The maximum atomic E-state index is 4.69. The van der Waals surface area contributed by atoms with Gasteiger partial charge in [-0.25, -0.2) is 9.67 Å². The number of benzene rings is 2. The van der Waals surface area contributed by atoms with Crippen molar-refractivity contribution in [3.8, 4) is 11.3 Å². The Bertz CT molecular complexity index is 934. The Morgan fingerprint density at radius 3 is 2.52 bits per heavy atom. The van der Waals surface area contributed by atoms with Crippen LogP contribution in [0.1, 0.15) is 5.56 Å². The summed E-state index contributed by atoms with van der Waals surface area (Å²) in [6, 6.07) is 20.5. The molecule has 0 aliphatic rings. The summed E-state index contributed by atoms with van der Waals surface area (Å²) in [4.78, 5) is 4.69. The molecule has 0 saturated heterocycles. The van der Waals surface area contributed by atoms with Gasteiger partial charge in [-0.15, -0.1) is 16.4 Å². The first-order chi connectivity index (χ1) is 12.4. The Kier molecular flexibility index (Phi) is 4.85. The highest BCUT2D eigenvalue weighted by atomic mass is 32.2. The van der Waals surface area contributed by atoms with Crippen molar-refractivity contribution < 1.29 is 0 Å². The molecule has 5 nitrogen and oxygen atoms in total. The minimum absolute atomic E-state index is 0.746. The summed E-state index contributed by atoms with van der Waals surface area (Å²) in [6.45, 7) is 0.746. The maximum absolute atomic E-state index is 4.69. The van der Waals surface area contributed by atoms with Gasteiger partial charge in [0.05, 0.1) is 5.69 Å². The van der Waals surface area contributed by atoms with Crippen LogP contribution >= 0.6 is 23.1 Å². The molecule has 124 valence electrons. The number of hydrogen-bond donors (Lipinski definition) is 0. The van der Waals surface area contributed by atoms with Gasteiger partial charge in [-0.2, -0.15) is 0 Å². The van der Waals surface area contributed by atoms with E-state index in [-0.39, 0.29) is 0 Å². The van der Waals surface area contributed by atoms with Crippen molar-refractivity contribution in [2.45, 2.75) is 22.5 Å². The standard InChI is InChI=1S/C18H15N5S2/c1-3-7-14(8-4-1)11-12-23-17(20-21-22-23)25-18-19-16(13-24-18)15-9-5-2-6-10-15/h1-10,13H,11-12H2. The van der Waals surface area contributed by atoms with Gasteiger partial charge in [-0.3, -0.25) is 0 Å². The molecule has 0 aliphatic carbocycles. The van der Waals surface area contributed by atoms with E-state index in [1.807, 2.05) is 41.1 Å². The number of rotatable bonds is 6. The predicted molar refractivity (Wildman–Crippen MR) is 99.6 cm³/mol. The molecule has 0 unspecified atom stereocenters. The molecule has 0 bridgehead atoms. The summed E-state index contributed by atoms with van der Waals surface area (Å²) in [5.74, 6) is 0. The van der Waals surface area contributed by atoms with Crippen LogP contribution in [-0.4, -0.2) is 25.2 Å². The van der Waals surface area contributed by atoms with Crippen molar-refractivity contribution >= 4 is 23.1 Å². The highest BCUT2D eigenvalue weighted by Crippen LogP contribution is 2.31. The van der Waals surface area contributed by atoms with Crippen molar-refractivity contribution in [2.24, 2.45) is 0 Å². The zero-order chi connectivity index (χ0) is 16.9. The van der Waals surface area contributed by atoms with Gasteiger partial charge in [0.1, 0.15) is 0 Å². The first-order valence-corrected chi connectivity index (χ1v) is 9.57. The first kappa shape index (κ1) is 16.0. The van der Waals surface area contributed by atoms with Crippen molar-refractivity contribution in [1.82, 2.24) is 25.2 Å². The Hall–Kier alpha value is -2.51. The van der Waals surface area contributed by atoms with E-state index in [0.717, 1.165) is 33.7 Å². The van der Waals surface area contributed by atoms with Gasteiger partial charge in [0, 0.05) is 17.5 Å². The summed E-state index contributed by atoms with van der Waals surface area (Å²) in [7, 11) is 0. The lowest BCUT2D eigenvalue weighted by Crippen LogP contribution is -2.05. The Morgan fingerprint density at radius 1 is 0.960 bits per heavy atom. The zero-order valence-electron chi connectivity index (χ0n) is 13.3. The number of nitrogens with zero attached hydrogens (tertiary/aromatic N) is 5. The number of thiazole rings is 1. The van der Waals surface area contributed by atoms with Gasteiger partial charge in [0.25, 0.3) is 0 Å². The second-order valence-electron chi connectivity index (χ2n) is 5.39. The normalized spacial score (nSPS) is 10.9. The molecule has 25 heavy (non-hydrogen) atoms. The number of aromatic nitrogens is 5. The van der Waals surface area contributed by atoms with Crippen LogP contribution in [-0.2, 0) is 13.0 Å². The van der Waals surface area contributed by atoms with Crippen LogP contribution in [0.2, 0.25) is 0 Å². The highest BCUT2D eigenvalue weighted by Gasteiger charge is 2.12. The highest BCUT2D eigenvalue weighted by molar-refractivity contribution is 8.00. The van der Waals surface area contributed by atoms with E-state index in [9.17, 15) is 0 Å². The van der Waals surface area contributed by atoms with Crippen LogP contribution in [0.5, 0.6) is 0 Å². The lowest BCUT2D eigenvalue weighted by molar-refractivity contribution is 0.548. The second kappa shape index (κ2) is 7.58. The van der Waals surface area contributed by atoms with Crippen molar-refractivity contribution in [3.63, 3.8) is 0 Å². The number of aryl methyl sites for hydroxylation is 2. The van der Waals surface area contributed by atoms with Crippen LogP contribution in [0.15, 0.2) is 75.5 Å². The van der Waals surface area contributed by atoms with E-state index in [1.54, 1.807) is 11.3 Å². The van der Waals surface area contributed by atoms with Gasteiger partial charge in [-0.1, -0.05) is 60.7 Å². The molecule has 0 N–H and O–H groups in total. The third kappa shape index (κ3) is 3.94. The molecule has 7 heteroatoms. The van der Waals surface area contributed by atoms with Crippen molar-refractivity contribution in [1.29, 1.82) is 0 Å². The summed E-state index contributed by atoms with van der Waals surface area (Å²) in [5.41, 5.74) is 3.38. The lowest BCUT2D eigenvalue weighted by atomic mass is 10.2. The Labute approximate surface area is 153 Å². The minimum atomic E-state index is 0.746. The summed E-state index contributed by atoms with van der Waals surface area (Å²) >= 11 is 3.11. The molecule has 0 amide bonds. The third-order valence-corrected chi connectivity index (χ3v) is 5.60. The van der Waals surface area contributed by atoms with E-state index in [4.69, 9.17) is 0 Å². The van der Waals surface area contributed by atoms with Crippen molar-refractivity contribution in [3.05, 3.63) is 71.6 Å². The second-order valence-corrected chi connectivity index (χ2v) is 7.46. The molecule has 4 aromatic rings. The SMILES string of the molecule is c1ccc(CCn2nnnc2Sc2nc(-c3ccccc3)cs2)cc1. The largest absolute Gasteiger partial charge is 0.229 e. The van der Waals surface area contributed by atoms with Crippen LogP contribution in [0.4, 0.5) is 0 Å². The fourth-order valence-corrected chi connectivity index (χ4v) is 4.14. The average Bonchev–Trinajstić information content (AvgIpc) is 3.32. The number of tetrazole rings is 1. The van der Waals surface area contributed by atoms with Crippen LogP contribution in [0, 0.1) is 0 Å². The molecule has 0 radical (unpaired) electrons. The smallest absolute Gasteiger partial charge is 0.216 e. The Balaban J connectivity index is 1.45. The molecular weight excluding hydrogens is 350 g/mol. The average molecular weight is 365 g/mol. The van der Waals surface area contributed by atoms with E-state index in [0.29, 0.717) is 0 Å². The fraction of sp³-hybridized carbons (Fsp3) is 0.111. The van der Waals surface area contributed by atoms with Crippen molar-refractivity contribution in [2.75, 3.05) is 0 Å². The zero-order valence-corrected chi connectivity index (χ0v) is 15.0. The molecular formula is C18H15N5S2. The molecule has 0 spiro atoms. The van der Waals surface area contributed by atoms with Crippen LogP contribution < -0.4 is 0 Å². The molecule has 2 aromatic carbocycles. The molecule has 0 saturated carbocycles. The van der Waals surface area contributed by atoms with Gasteiger partial charge >= 0.3 is 0 Å². The summed E-state index contributed by atoms with van der Waals surface area (Å²) in [6.07, 6.45) is 0.895. The van der Waals surface area contributed by atoms with E-state index < -0.39 is 0 Å². The topological polar surface area (TPSA) is 56.5 Å². The van der Waals surface area contributed by atoms with Gasteiger partial charge in [0.2, 0.25) is 5.16 Å². The first-order valence-electron chi connectivity index (χ1n) is 7.87. The van der Waals surface area contributed by atoms with E-state index >= 15 is 0 Å². The lowest BCUT2D eigenvalue weighted by Gasteiger charge is -2.03. The molecule has 0 aliphatic heterocycles. The monoisotopic (exact) mass is 365 g/mol. The Morgan fingerprint density at radius 2 is 1.72 bits per heavy atom. The molecule has 0 atom stereocenters. The quantitative estimate of drug-likeness (QED) is 0.513. The van der Waals surface area contributed by atoms with Gasteiger partial charge < -0.3 is 0 Å². The van der Waals surface area contributed by atoms with E-state index in [1.165, 1.54) is 17.3 Å². The van der Waals surface area contributed by atoms with Gasteiger partial charge in [0.15, 0.2) is 4.34 Å². The molecule has 0 fully saturated rings. The fourth-order valence-electron chi connectivity index (χ4n) is 2.41. The summed E-state index contributed by atoms with van der Waals surface area (Å²) < 4.78 is 2.77. The predicted octanol–water partition coefficient (Wildman–Crippen LogP) is 4.19. The summed E-state index contributed by atoms with van der Waals surface area (Å²) in [5, 5.41) is 14.9. The van der Waals surface area contributed by atoms with Gasteiger partial charge in [-0.05, 0) is 34.2 Å². The molecule has 2 heterocycles. The van der Waals surface area contributed by atoms with Crippen LogP contribution in [0.25, 0.3) is 11.3 Å². The minimum Gasteiger partial charge on any atom is -0.229 e.